The first-order valence-corrected chi connectivity index (χ1v) is 18.0. The minimum absolute atomic E-state index is 0.699. The molecule has 0 nitrogen and oxygen atoms in total. The van der Waals surface area contributed by atoms with E-state index in [1.165, 1.54) is 0 Å². The summed E-state index contributed by atoms with van der Waals surface area (Å²) in [5.41, 5.74) is 0. The van der Waals surface area contributed by atoms with E-state index in [1.54, 1.807) is 4.06 Å². The van der Waals surface area contributed by atoms with Crippen LogP contribution in [0.2, 0.25) is 38.5 Å². The van der Waals surface area contributed by atoms with E-state index in [1.807, 2.05) is 0 Å². The Balaban J connectivity index is 3.75. The fraction of sp³-hybridized carbons (Fsp3) is 1.00. The Labute approximate surface area is 64.9 Å². The number of rotatable bonds is 2. The van der Waals surface area contributed by atoms with Crippen molar-refractivity contribution >= 4 is 26.5 Å². The van der Waals surface area contributed by atoms with E-state index in [-0.39, 0.29) is 0 Å². The second-order valence-electron chi connectivity index (χ2n) is 5.30. The van der Waals surface area contributed by atoms with Crippen LogP contribution in [-0.4, -0.2) is 26.5 Å². The summed E-state index contributed by atoms with van der Waals surface area (Å²) in [6.45, 7) is 7.44. The Kier molecular flexibility index (Phi) is 3.28. The van der Waals surface area contributed by atoms with Gasteiger partial charge in [-0.1, -0.05) is 0 Å². The molecule has 0 saturated heterocycles. The molecule has 0 spiro atoms. The van der Waals surface area contributed by atoms with Crippen molar-refractivity contribution in [3.63, 3.8) is 0 Å². The molecule has 0 unspecified atom stereocenters. The molecule has 0 atom stereocenters. The molecule has 2 heteroatoms. The predicted octanol–water partition coefficient (Wildman–Crippen LogP) is 3.20. The number of hydrogen-bond donors (Lipinski definition) is 0. The third-order valence-electron chi connectivity index (χ3n) is 1.06. The zero-order valence-corrected chi connectivity index (χ0v) is 11.6. The summed E-state index contributed by atoms with van der Waals surface area (Å²) < 4.78 is 1.64. The van der Waals surface area contributed by atoms with Crippen molar-refractivity contribution in [2.75, 3.05) is 0 Å². The second-order valence-corrected chi connectivity index (χ2v) is 28.4. The van der Waals surface area contributed by atoms with Crippen LogP contribution in [0.25, 0.3) is 0 Å². The third kappa shape index (κ3) is 9.02. The van der Waals surface area contributed by atoms with Gasteiger partial charge < -0.3 is 0 Å². The molecule has 0 aromatic carbocycles. The first-order valence-electron chi connectivity index (χ1n) is 3.71. The van der Waals surface area contributed by atoms with Gasteiger partial charge in [0.1, 0.15) is 0 Å². The molecule has 9 heavy (non-hydrogen) atoms. The van der Waals surface area contributed by atoms with Crippen LogP contribution in [0.3, 0.4) is 0 Å². The molecular formula is C7H20SiSn. The van der Waals surface area contributed by atoms with Gasteiger partial charge in [0.15, 0.2) is 0 Å². The van der Waals surface area contributed by atoms with Crippen LogP contribution in [0.15, 0.2) is 0 Å². The van der Waals surface area contributed by atoms with Gasteiger partial charge in [-0.3, -0.25) is 0 Å². The fourth-order valence-electron chi connectivity index (χ4n) is 1.59. The van der Waals surface area contributed by atoms with Crippen LogP contribution in [0.4, 0.5) is 0 Å². The molecule has 0 aliphatic rings. The zero-order valence-electron chi connectivity index (χ0n) is 7.71. The maximum atomic E-state index is 2.53. The van der Waals surface area contributed by atoms with Gasteiger partial charge in [0, 0.05) is 0 Å². The summed E-state index contributed by atoms with van der Waals surface area (Å²) in [6, 6.07) is 0. The molecule has 0 saturated carbocycles. The van der Waals surface area contributed by atoms with Gasteiger partial charge >= 0.3 is 65.0 Å². The van der Waals surface area contributed by atoms with E-state index in [0.717, 1.165) is 0 Å². The summed E-state index contributed by atoms with van der Waals surface area (Å²) in [4.78, 5) is 7.60. The van der Waals surface area contributed by atoms with Gasteiger partial charge in [0.2, 0.25) is 0 Å². The summed E-state index contributed by atoms with van der Waals surface area (Å²) in [5.74, 6) is 0. The molecule has 0 radical (unpaired) electrons. The average molecular weight is 251 g/mol. The van der Waals surface area contributed by atoms with E-state index in [2.05, 4.69) is 34.5 Å². The van der Waals surface area contributed by atoms with Crippen LogP contribution < -0.4 is 0 Å². The van der Waals surface area contributed by atoms with Gasteiger partial charge in [0.05, 0.1) is 0 Å². The summed E-state index contributed by atoms with van der Waals surface area (Å²) >= 11 is -1.38. The number of hydrogen-bond acceptors (Lipinski definition) is 0. The van der Waals surface area contributed by atoms with E-state index in [0.29, 0.717) is 0 Å². The molecule has 0 aliphatic carbocycles. The normalized spacial score (nSPS) is 14.0. The Morgan fingerprint density at radius 1 is 1.00 bits per heavy atom. The summed E-state index contributed by atoms with van der Waals surface area (Å²) in [6.07, 6.45) is 0. The topological polar surface area (TPSA) is 0 Å². The molecule has 56 valence electrons. The summed E-state index contributed by atoms with van der Waals surface area (Å²) in [7, 11) is -0.699. The molecule has 0 rings (SSSR count). The van der Waals surface area contributed by atoms with E-state index in [4.69, 9.17) is 0 Å². The van der Waals surface area contributed by atoms with Gasteiger partial charge in [-0.05, 0) is 0 Å². The zero-order chi connectivity index (χ0) is 7.71. The third-order valence-corrected chi connectivity index (χ3v) is 21.3. The van der Waals surface area contributed by atoms with Crippen molar-refractivity contribution in [2.24, 2.45) is 0 Å². The predicted molar refractivity (Wildman–Crippen MR) is 51.5 cm³/mol. The monoisotopic (exact) mass is 252 g/mol. The first kappa shape index (κ1) is 10.0. The van der Waals surface area contributed by atoms with Crippen molar-refractivity contribution in [1.29, 1.82) is 0 Å². The van der Waals surface area contributed by atoms with Gasteiger partial charge in [-0.25, -0.2) is 0 Å². The molecule has 0 N–H and O–H groups in total. The van der Waals surface area contributed by atoms with Gasteiger partial charge in [-0.15, -0.1) is 0 Å². The Hall–Kier alpha value is 1.02. The van der Waals surface area contributed by atoms with Crippen LogP contribution in [0.1, 0.15) is 0 Å². The Bertz CT molecular complexity index is 74.1. The van der Waals surface area contributed by atoms with Crippen molar-refractivity contribution in [2.45, 2.75) is 38.5 Å². The van der Waals surface area contributed by atoms with Crippen molar-refractivity contribution in [3.8, 4) is 0 Å². The standard InChI is InChI=1S/C4H11Si.3CH3.Sn/c1-5(2,3)4;;;;/h1H2,2-4H3;3*1H3;. The van der Waals surface area contributed by atoms with Gasteiger partial charge in [0.25, 0.3) is 0 Å². The first-order chi connectivity index (χ1) is 3.71. The SMILES string of the molecule is C[Si](C)(C)[CH2][Sn]([CH3])([CH3])[CH3]. The van der Waals surface area contributed by atoms with Crippen LogP contribution in [0, 0.1) is 0 Å². The molecule has 0 aliphatic heterocycles. The average Bonchev–Trinajstić information content (AvgIpc) is 1.14. The quantitative estimate of drug-likeness (QED) is 0.661. The van der Waals surface area contributed by atoms with E-state index >= 15 is 0 Å². The van der Waals surface area contributed by atoms with Gasteiger partial charge in [-0.2, -0.15) is 0 Å². The minimum atomic E-state index is -1.38. The second kappa shape index (κ2) is 2.95. The van der Waals surface area contributed by atoms with E-state index < -0.39 is 26.5 Å². The Morgan fingerprint density at radius 2 is 1.33 bits per heavy atom. The molecule has 0 heterocycles. The molecule has 0 amide bonds. The molecule has 0 aromatic heterocycles. The van der Waals surface area contributed by atoms with Crippen molar-refractivity contribution in [1.82, 2.24) is 0 Å². The Morgan fingerprint density at radius 3 is 1.33 bits per heavy atom. The molecule has 0 fully saturated rings. The molecule has 0 aromatic rings. The fourth-order valence-corrected chi connectivity index (χ4v) is 32.0. The van der Waals surface area contributed by atoms with Crippen LogP contribution >= 0.6 is 0 Å². The van der Waals surface area contributed by atoms with Crippen molar-refractivity contribution in [3.05, 3.63) is 0 Å². The molecular weight excluding hydrogens is 231 g/mol. The van der Waals surface area contributed by atoms with Crippen molar-refractivity contribution < 1.29 is 0 Å². The van der Waals surface area contributed by atoms with Crippen LogP contribution in [-0.2, 0) is 0 Å². The van der Waals surface area contributed by atoms with Crippen LogP contribution in [0.5, 0.6) is 0 Å². The molecule has 0 bridgehead atoms. The van der Waals surface area contributed by atoms with E-state index in [9.17, 15) is 0 Å². The summed E-state index contributed by atoms with van der Waals surface area (Å²) in [5, 5.41) is 0. The maximum absolute atomic E-state index is 2.53.